The molecule has 1 aliphatic heterocycles. The molecule has 43 heavy (non-hydrogen) atoms. The normalized spacial score (nSPS) is 14.1. The van der Waals surface area contributed by atoms with Gasteiger partial charge in [0, 0.05) is 31.6 Å². The second-order valence-electron chi connectivity index (χ2n) is 11.6. The van der Waals surface area contributed by atoms with E-state index in [4.69, 9.17) is 0 Å². The van der Waals surface area contributed by atoms with Crippen LogP contribution in [0.15, 0.2) is 161 Å². The third kappa shape index (κ3) is 2.89. The van der Waals surface area contributed by atoms with E-state index in [-0.39, 0.29) is 0 Å². The number of hydrogen-bond donors (Lipinski definition) is 0. The van der Waals surface area contributed by atoms with Gasteiger partial charge in [-0.05, 0) is 57.0 Å². The second-order valence-corrected chi connectivity index (χ2v) is 12.7. The minimum Gasteiger partial charge on any atom is -0.307 e. The SMILES string of the molecule is c1ccc(-n2c3c4c(ccc3c3ccc5ccccc5c32)C2(c3ccccc3S4)c3ccccc3-c3ccccc32)cc1. The first-order valence-electron chi connectivity index (χ1n) is 14.9. The van der Waals surface area contributed by atoms with Crippen molar-refractivity contribution in [3.63, 3.8) is 0 Å². The van der Waals surface area contributed by atoms with Gasteiger partial charge in [-0.3, -0.25) is 0 Å². The first-order chi connectivity index (χ1) is 21.4. The van der Waals surface area contributed by atoms with Gasteiger partial charge in [-0.2, -0.15) is 0 Å². The van der Waals surface area contributed by atoms with Gasteiger partial charge < -0.3 is 4.57 Å². The van der Waals surface area contributed by atoms with Crippen molar-refractivity contribution in [1.29, 1.82) is 0 Å². The lowest BCUT2D eigenvalue weighted by Crippen LogP contribution is -2.32. The molecule has 10 rings (SSSR count). The average Bonchev–Trinajstić information content (AvgIpc) is 3.57. The van der Waals surface area contributed by atoms with Gasteiger partial charge in [0.15, 0.2) is 0 Å². The van der Waals surface area contributed by atoms with Crippen molar-refractivity contribution in [2.24, 2.45) is 0 Å². The molecule has 0 atom stereocenters. The Morgan fingerprint density at radius 1 is 0.419 bits per heavy atom. The van der Waals surface area contributed by atoms with Gasteiger partial charge >= 0.3 is 0 Å². The third-order valence-corrected chi connectivity index (χ3v) is 10.8. The molecule has 0 bridgehead atoms. The van der Waals surface area contributed by atoms with Crippen LogP contribution in [-0.2, 0) is 5.41 Å². The molecule has 2 heteroatoms. The number of nitrogens with zero attached hydrogens (tertiary/aromatic N) is 1. The van der Waals surface area contributed by atoms with Gasteiger partial charge in [0.05, 0.1) is 16.4 Å². The van der Waals surface area contributed by atoms with Crippen molar-refractivity contribution >= 4 is 44.3 Å². The maximum Gasteiger partial charge on any atom is 0.0736 e. The van der Waals surface area contributed by atoms with Crippen LogP contribution < -0.4 is 0 Å². The lowest BCUT2D eigenvalue weighted by Gasteiger charge is -2.40. The van der Waals surface area contributed by atoms with E-state index in [1.807, 2.05) is 11.8 Å². The average molecular weight is 564 g/mol. The van der Waals surface area contributed by atoms with Gasteiger partial charge in [-0.25, -0.2) is 0 Å². The van der Waals surface area contributed by atoms with Crippen molar-refractivity contribution in [3.8, 4) is 16.8 Å². The zero-order valence-corrected chi connectivity index (χ0v) is 24.1. The van der Waals surface area contributed by atoms with Crippen LogP contribution in [0.2, 0.25) is 0 Å². The Morgan fingerprint density at radius 2 is 1.02 bits per heavy atom. The molecule has 1 aromatic heterocycles. The molecule has 0 saturated carbocycles. The molecule has 0 unspecified atom stereocenters. The van der Waals surface area contributed by atoms with Gasteiger partial charge in [0.25, 0.3) is 0 Å². The lowest BCUT2D eigenvalue weighted by atomic mass is 9.67. The van der Waals surface area contributed by atoms with Crippen LogP contribution in [0.5, 0.6) is 0 Å². The highest BCUT2D eigenvalue weighted by molar-refractivity contribution is 7.99. The van der Waals surface area contributed by atoms with E-state index in [1.165, 1.54) is 81.4 Å². The molecular weight excluding hydrogens is 539 g/mol. The summed E-state index contributed by atoms with van der Waals surface area (Å²) in [5.74, 6) is 0. The quantitative estimate of drug-likeness (QED) is 0.192. The fourth-order valence-electron chi connectivity index (χ4n) is 8.01. The maximum atomic E-state index is 2.53. The predicted molar refractivity (Wildman–Crippen MR) is 180 cm³/mol. The Morgan fingerprint density at radius 3 is 1.81 bits per heavy atom. The molecule has 1 spiro atoms. The van der Waals surface area contributed by atoms with Gasteiger partial charge in [-0.15, -0.1) is 0 Å². The summed E-state index contributed by atoms with van der Waals surface area (Å²) in [6, 6.07) is 56.3. The Bertz CT molecular complexity index is 2390. The van der Waals surface area contributed by atoms with E-state index in [1.54, 1.807) is 0 Å². The summed E-state index contributed by atoms with van der Waals surface area (Å²) in [5, 5.41) is 5.13. The predicted octanol–water partition coefficient (Wildman–Crippen LogP) is 10.8. The molecule has 0 radical (unpaired) electrons. The van der Waals surface area contributed by atoms with Crippen LogP contribution in [0.25, 0.3) is 49.4 Å². The summed E-state index contributed by atoms with van der Waals surface area (Å²) in [6.07, 6.45) is 0. The number of aromatic nitrogens is 1. The van der Waals surface area contributed by atoms with Crippen molar-refractivity contribution in [3.05, 3.63) is 174 Å². The van der Waals surface area contributed by atoms with Crippen LogP contribution >= 0.6 is 11.8 Å². The van der Waals surface area contributed by atoms with E-state index in [9.17, 15) is 0 Å². The Hall–Kier alpha value is -5.05. The molecule has 0 amide bonds. The Labute approximate surface area is 254 Å². The van der Waals surface area contributed by atoms with Gasteiger partial charge in [0.1, 0.15) is 0 Å². The Balaban J connectivity index is 1.45. The number of rotatable bonds is 1. The monoisotopic (exact) mass is 563 g/mol. The van der Waals surface area contributed by atoms with Crippen molar-refractivity contribution in [2.75, 3.05) is 0 Å². The summed E-state index contributed by atoms with van der Waals surface area (Å²) in [4.78, 5) is 2.66. The smallest absolute Gasteiger partial charge is 0.0736 e. The van der Waals surface area contributed by atoms with Crippen LogP contribution in [0.3, 0.4) is 0 Å². The van der Waals surface area contributed by atoms with Crippen LogP contribution in [0.4, 0.5) is 0 Å². The molecule has 1 aliphatic carbocycles. The molecule has 2 aliphatic rings. The standard InChI is InChI=1S/C41H25NS/c1-2-13-27(14-3-1)42-38-28-15-5-4-12-26(28)22-23-31(38)32-24-25-36-40(39(32)42)43-37-21-11-10-20-35(37)41(36)33-18-8-6-16-29(33)30-17-7-9-19-34(30)41/h1-25H. The third-order valence-electron chi connectivity index (χ3n) is 9.64. The summed E-state index contributed by atoms with van der Waals surface area (Å²) in [7, 11) is 0. The minimum atomic E-state index is -0.390. The largest absolute Gasteiger partial charge is 0.307 e. The van der Waals surface area contributed by atoms with E-state index >= 15 is 0 Å². The fraction of sp³-hybridized carbons (Fsp3) is 0.0244. The second kappa shape index (κ2) is 8.50. The van der Waals surface area contributed by atoms with Crippen LogP contribution in [0, 0.1) is 0 Å². The lowest BCUT2D eigenvalue weighted by molar-refractivity contribution is 0.724. The molecule has 200 valence electrons. The molecule has 2 heterocycles. The highest BCUT2D eigenvalue weighted by Crippen LogP contribution is 2.63. The first-order valence-corrected chi connectivity index (χ1v) is 15.7. The highest BCUT2D eigenvalue weighted by Gasteiger charge is 2.50. The van der Waals surface area contributed by atoms with E-state index < -0.39 is 5.41 Å². The fourth-order valence-corrected chi connectivity index (χ4v) is 9.33. The maximum absolute atomic E-state index is 2.53. The van der Waals surface area contributed by atoms with Crippen molar-refractivity contribution < 1.29 is 0 Å². The van der Waals surface area contributed by atoms with E-state index in [2.05, 4.69) is 156 Å². The summed E-state index contributed by atoms with van der Waals surface area (Å²) in [5.41, 5.74) is 11.5. The van der Waals surface area contributed by atoms with Crippen LogP contribution in [0.1, 0.15) is 22.3 Å². The van der Waals surface area contributed by atoms with Gasteiger partial charge in [-0.1, -0.05) is 145 Å². The summed E-state index contributed by atoms with van der Waals surface area (Å²) >= 11 is 1.93. The molecule has 7 aromatic carbocycles. The number of hydrogen-bond acceptors (Lipinski definition) is 1. The van der Waals surface area contributed by atoms with E-state index in [0.717, 1.165) is 0 Å². The number of fused-ring (bicyclic) bond motifs is 15. The van der Waals surface area contributed by atoms with Crippen molar-refractivity contribution in [2.45, 2.75) is 15.2 Å². The molecule has 8 aromatic rings. The number of benzene rings is 7. The zero-order valence-electron chi connectivity index (χ0n) is 23.3. The van der Waals surface area contributed by atoms with Gasteiger partial charge in [0.2, 0.25) is 0 Å². The topological polar surface area (TPSA) is 4.93 Å². The summed E-state index contributed by atoms with van der Waals surface area (Å²) in [6.45, 7) is 0. The molecular formula is C41H25NS. The molecule has 1 nitrogen and oxygen atoms in total. The number of para-hydroxylation sites is 1. The highest BCUT2D eigenvalue weighted by atomic mass is 32.2. The molecule has 0 fully saturated rings. The van der Waals surface area contributed by atoms with Crippen molar-refractivity contribution in [1.82, 2.24) is 4.57 Å². The summed E-state index contributed by atoms with van der Waals surface area (Å²) < 4.78 is 2.53. The molecule has 0 N–H and O–H groups in total. The minimum absolute atomic E-state index is 0.390. The van der Waals surface area contributed by atoms with E-state index in [0.29, 0.717) is 0 Å². The van der Waals surface area contributed by atoms with Crippen LogP contribution in [-0.4, -0.2) is 4.57 Å². The Kier molecular flexibility index (Phi) is 4.65. The molecule has 0 saturated heterocycles. The zero-order chi connectivity index (χ0) is 28.1. The first kappa shape index (κ1) is 23.5.